The first-order valence-electron chi connectivity index (χ1n) is 10.5. The van der Waals surface area contributed by atoms with Crippen LogP contribution < -0.4 is 10.6 Å². The predicted molar refractivity (Wildman–Crippen MR) is 125 cm³/mol. The quantitative estimate of drug-likeness (QED) is 0.504. The number of alkyl carbamates (subject to hydrolysis) is 1. The predicted octanol–water partition coefficient (Wildman–Crippen LogP) is 3.63. The number of benzene rings is 2. The average molecular weight is 457 g/mol. The van der Waals surface area contributed by atoms with E-state index in [1.54, 1.807) is 18.7 Å². The number of aliphatic carboxylic acids is 1. The molecule has 0 fully saturated rings. The lowest BCUT2D eigenvalue weighted by Crippen LogP contribution is -2.49. The van der Waals surface area contributed by atoms with Crippen LogP contribution in [0.5, 0.6) is 0 Å². The third-order valence-electron chi connectivity index (χ3n) is 5.43. The van der Waals surface area contributed by atoms with Gasteiger partial charge in [0.2, 0.25) is 5.91 Å². The summed E-state index contributed by atoms with van der Waals surface area (Å²) in [5.74, 6) is -0.818. The number of rotatable bonds is 10. The van der Waals surface area contributed by atoms with Crippen LogP contribution in [0.3, 0.4) is 0 Å². The summed E-state index contributed by atoms with van der Waals surface area (Å²) in [6.07, 6.45) is 1.47. The molecule has 8 heteroatoms. The molecule has 32 heavy (non-hydrogen) atoms. The Morgan fingerprint density at radius 1 is 1.03 bits per heavy atom. The Morgan fingerprint density at radius 3 is 2.19 bits per heavy atom. The number of hydrogen-bond acceptors (Lipinski definition) is 5. The van der Waals surface area contributed by atoms with Crippen molar-refractivity contribution in [1.82, 2.24) is 10.6 Å². The number of ether oxygens (including phenoxy) is 1. The molecular formula is C24H28N2O5S. The molecule has 2 aromatic rings. The number of fused-ring (bicyclic) bond motifs is 3. The van der Waals surface area contributed by atoms with Crippen LogP contribution in [-0.4, -0.2) is 53.8 Å². The molecule has 0 spiro atoms. The van der Waals surface area contributed by atoms with Crippen molar-refractivity contribution in [3.8, 4) is 11.1 Å². The van der Waals surface area contributed by atoms with Crippen molar-refractivity contribution >= 4 is 29.7 Å². The van der Waals surface area contributed by atoms with Crippen LogP contribution in [0.1, 0.15) is 36.8 Å². The lowest BCUT2D eigenvalue weighted by Gasteiger charge is -2.21. The number of thioether (sulfide) groups is 1. The van der Waals surface area contributed by atoms with Gasteiger partial charge in [0.05, 0.1) is 6.42 Å². The Hall–Kier alpha value is -3.00. The summed E-state index contributed by atoms with van der Waals surface area (Å²) >= 11 is 1.56. The molecule has 0 saturated carbocycles. The smallest absolute Gasteiger partial charge is 0.407 e. The number of amides is 2. The molecule has 7 nitrogen and oxygen atoms in total. The highest BCUT2D eigenvalue weighted by Gasteiger charge is 2.30. The van der Waals surface area contributed by atoms with Gasteiger partial charge in [-0.3, -0.25) is 9.59 Å². The summed E-state index contributed by atoms with van der Waals surface area (Å²) < 4.78 is 5.54. The molecule has 170 valence electrons. The van der Waals surface area contributed by atoms with Crippen molar-refractivity contribution in [1.29, 1.82) is 0 Å². The van der Waals surface area contributed by atoms with Gasteiger partial charge in [-0.05, 0) is 47.6 Å². The number of hydrogen-bond donors (Lipinski definition) is 3. The van der Waals surface area contributed by atoms with E-state index >= 15 is 0 Å². The number of carboxylic acid groups (broad SMARTS) is 1. The van der Waals surface area contributed by atoms with E-state index in [4.69, 9.17) is 9.84 Å². The van der Waals surface area contributed by atoms with Crippen LogP contribution in [0.15, 0.2) is 48.5 Å². The van der Waals surface area contributed by atoms with Crippen LogP contribution in [0.4, 0.5) is 4.79 Å². The lowest BCUT2D eigenvalue weighted by molar-refractivity contribution is -0.137. The molecule has 0 aliphatic heterocycles. The van der Waals surface area contributed by atoms with Crippen LogP contribution in [0.25, 0.3) is 11.1 Å². The highest BCUT2D eigenvalue weighted by molar-refractivity contribution is 7.98. The Morgan fingerprint density at radius 2 is 1.62 bits per heavy atom. The van der Waals surface area contributed by atoms with Crippen molar-refractivity contribution in [3.05, 3.63) is 59.7 Å². The second-order valence-corrected chi connectivity index (χ2v) is 8.80. The first-order chi connectivity index (χ1) is 15.4. The fourth-order valence-corrected chi connectivity index (χ4v) is 4.41. The zero-order valence-electron chi connectivity index (χ0n) is 18.2. The Labute approximate surface area is 191 Å². The molecule has 0 aromatic heterocycles. The SMILES string of the molecule is CSCCC(NC(=O)OCC1c2ccccc2-c2ccccc21)C(=O)NC(C)CC(=O)O. The van der Waals surface area contributed by atoms with Gasteiger partial charge in [0, 0.05) is 12.0 Å². The van der Waals surface area contributed by atoms with Gasteiger partial charge in [0.1, 0.15) is 12.6 Å². The molecule has 2 aromatic carbocycles. The van der Waals surface area contributed by atoms with Crippen molar-refractivity contribution in [2.45, 2.75) is 37.8 Å². The number of carboxylic acids is 1. The molecule has 3 N–H and O–H groups in total. The van der Waals surface area contributed by atoms with E-state index in [0.717, 1.165) is 22.3 Å². The maximum absolute atomic E-state index is 12.6. The summed E-state index contributed by atoms with van der Waals surface area (Å²) in [4.78, 5) is 36.0. The standard InChI is InChI=1S/C24H28N2O5S/c1-15(13-22(27)28)25-23(29)21(11-12-32-2)26-24(30)31-14-20-18-9-5-3-7-16(18)17-8-4-6-10-19(17)20/h3-10,15,20-21H,11-14H2,1-2H3,(H,25,29)(H,26,30)(H,27,28). The highest BCUT2D eigenvalue weighted by atomic mass is 32.2. The van der Waals surface area contributed by atoms with Gasteiger partial charge in [-0.2, -0.15) is 11.8 Å². The summed E-state index contributed by atoms with van der Waals surface area (Å²) in [6.45, 7) is 1.77. The number of nitrogens with one attached hydrogen (secondary N) is 2. The van der Waals surface area contributed by atoms with E-state index in [1.165, 1.54) is 0 Å². The number of carbonyl (C=O) groups excluding carboxylic acids is 2. The second-order valence-electron chi connectivity index (χ2n) is 7.81. The van der Waals surface area contributed by atoms with Crippen LogP contribution in [0.2, 0.25) is 0 Å². The van der Waals surface area contributed by atoms with Gasteiger partial charge >= 0.3 is 12.1 Å². The summed E-state index contributed by atoms with van der Waals surface area (Å²) in [5.41, 5.74) is 4.50. The van der Waals surface area contributed by atoms with Crippen molar-refractivity contribution < 1.29 is 24.2 Å². The summed E-state index contributed by atoms with van der Waals surface area (Å²) in [6, 6.07) is 14.8. The molecule has 2 amide bonds. The molecule has 1 aliphatic rings. The molecule has 0 heterocycles. The van der Waals surface area contributed by atoms with E-state index in [2.05, 4.69) is 22.8 Å². The van der Waals surface area contributed by atoms with Gasteiger partial charge in [0.25, 0.3) is 0 Å². The maximum atomic E-state index is 12.6. The first kappa shape index (κ1) is 23.7. The second kappa shape index (κ2) is 11.0. The zero-order valence-corrected chi connectivity index (χ0v) is 19.0. The van der Waals surface area contributed by atoms with Gasteiger partial charge in [-0.15, -0.1) is 0 Å². The van der Waals surface area contributed by atoms with Gasteiger partial charge < -0.3 is 20.5 Å². The molecular weight excluding hydrogens is 428 g/mol. The minimum atomic E-state index is -0.997. The van der Waals surface area contributed by atoms with Crippen molar-refractivity contribution in [2.24, 2.45) is 0 Å². The molecule has 0 radical (unpaired) electrons. The van der Waals surface area contributed by atoms with E-state index in [0.29, 0.717) is 12.2 Å². The minimum Gasteiger partial charge on any atom is -0.481 e. The van der Waals surface area contributed by atoms with Gasteiger partial charge in [-0.25, -0.2) is 4.79 Å². The highest BCUT2D eigenvalue weighted by Crippen LogP contribution is 2.44. The molecule has 2 atom stereocenters. The molecule has 0 bridgehead atoms. The Bertz CT molecular complexity index is 935. The molecule has 3 rings (SSSR count). The van der Waals surface area contributed by atoms with E-state index in [-0.39, 0.29) is 18.9 Å². The fraction of sp³-hybridized carbons (Fsp3) is 0.375. The normalized spacial score (nSPS) is 14.1. The van der Waals surface area contributed by atoms with E-state index < -0.39 is 30.1 Å². The summed E-state index contributed by atoms with van der Waals surface area (Å²) in [7, 11) is 0. The maximum Gasteiger partial charge on any atom is 0.407 e. The van der Waals surface area contributed by atoms with Gasteiger partial charge in [-0.1, -0.05) is 48.5 Å². The van der Waals surface area contributed by atoms with Crippen LogP contribution in [-0.2, 0) is 14.3 Å². The topological polar surface area (TPSA) is 105 Å². The number of carbonyl (C=O) groups is 3. The zero-order chi connectivity index (χ0) is 23.1. The fourth-order valence-electron chi connectivity index (χ4n) is 3.94. The van der Waals surface area contributed by atoms with E-state index in [1.807, 2.05) is 42.7 Å². The van der Waals surface area contributed by atoms with Crippen molar-refractivity contribution in [3.63, 3.8) is 0 Å². The van der Waals surface area contributed by atoms with E-state index in [9.17, 15) is 14.4 Å². The van der Waals surface area contributed by atoms with Crippen LogP contribution in [0, 0.1) is 0 Å². The lowest BCUT2D eigenvalue weighted by atomic mass is 9.98. The molecule has 1 aliphatic carbocycles. The Kier molecular flexibility index (Phi) is 8.16. The van der Waals surface area contributed by atoms with Gasteiger partial charge in [0.15, 0.2) is 0 Å². The minimum absolute atomic E-state index is 0.0674. The largest absolute Gasteiger partial charge is 0.481 e. The monoisotopic (exact) mass is 456 g/mol. The molecule has 0 saturated heterocycles. The van der Waals surface area contributed by atoms with Crippen molar-refractivity contribution in [2.75, 3.05) is 18.6 Å². The van der Waals surface area contributed by atoms with Crippen LogP contribution >= 0.6 is 11.8 Å². The summed E-state index contributed by atoms with van der Waals surface area (Å²) in [5, 5.41) is 14.2. The average Bonchev–Trinajstić information content (AvgIpc) is 3.08. The first-order valence-corrected chi connectivity index (χ1v) is 11.9. The third-order valence-corrected chi connectivity index (χ3v) is 6.08. The third kappa shape index (κ3) is 5.82. The Balaban J connectivity index is 1.63. The molecule has 2 unspecified atom stereocenters.